The Hall–Kier alpha value is -1.94. The van der Waals surface area contributed by atoms with Gasteiger partial charge < -0.3 is 33.8 Å². The van der Waals surface area contributed by atoms with Crippen molar-refractivity contribution in [2.24, 2.45) is 11.8 Å². The van der Waals surface area contributed by atoms with Crippen molar-refractivity contribution in [3.63, 3.8) is 0 Å². The first-order valence-corrected chi connectivity index (χ1v) is 43.1. The van der Waals surface area contributed by atoms with Crippen molar-refractivity contribution in [2.45, 2.75) is 419 Å². The van der Waals surface area contributed by atoms with E-state index in [1.54, 1.807) is 0 Å². The zero-order chi connectivity index (χ0) is 70.7. The maximum atomic E-state index is 13.1. The monoisotopic (exact) mass is 1410 g/mol. The number of rotatable bonds is 76. The number of unbranched alkanes of at least 4 members (excludes halogenated alkanes) is 44. The molecule has 0 aliphatic heterocycles. The maximum absolute atomic E-state index is 13.1. The molecule has 0 aromatic rings. The first kappa shape index (κ1) is 94.1. The predicted molar refractivity (Wildman–Crippen MR) is 391 cm³/mol. The summed E-state index contributed by atoms with van der Waals surface area (Å²) in [6, 6.07) is 0. The van der Waals surface area contributed by atoms with E-state index in [1.165, 1.54) is 218 Å². The normalized spacial score (nSPS) is 14.6. The fraction of sp³-hybridized carbons (Fsp3) is 0.948. The molecule has 0 fully saturated rings. The SMILES string of the molecule is CCCCCCCCCCCCCCCCCCCC(=O)OC[C@H](COP(=O)(O)OC[C@@H](O)COP(=O)(O)OC[C@@H](COC(=O)CCCCCCCCCCC)OC(=O)CCCCCCCCCCC(C)CC)OC(=O)CCCCCCCCCCCCCCCCC(C)CC. The third kappa shape index (κ3) is 67.9. The summed E-state index contributed by atoms with van der Waals surface area (Å²) in [7, 11) is -9.91. The third-order valence-electron chi connectivity index (χ3n) is 18.7. The van der Waals surface area contributed by atoms with Gasteiger partial charge in [0.2, 0.25) is 0 Å². The van der Waals surface area contributed by atoms with Crippen LogP contribution in [0.15, 0.2) is 0 Å². The lowest BCUT2D eigenvalue weighted by atomic mass is 9.99. The van der Waals surface area contributed by atoms with Crippen LogP contribution in [0.4, 0.5) is 0 Å². The van der Waals surface area contributed by atoms with Crippen molar-refractivity contribution in [3.8, 4) is 0 Å². The van der Waals surface area contributed by atoms with Crippen LogP contribution in [0, 0.1) is 11.8 Å². The van der Waals surface area contributed by atoms with E-state index in [4.69, 9.17) is 37.0 Å². The second kappa shape index (κ2) is 68.8. The molecule has 0 saturated carbocycles. The van der Waals surface area contributed by atoms with Crippen LogP contribution in [0.1, 0.15) is 401 Å². The van der Waals surface area contributed by atoms with Gasteiger partial charge in [-0.15, -0.1) is 0 Å². The summed E-state index contributed by atoms with van der Waals surface area (Å²) in [5, 5.41) is 10.6. The van der Waals surface area contributed by atoms with Gasteiger partial charge in [0.05, 0.1) is 26.4 Å². The molecule has 0 rings (SSSR count). The molecule has 4 unspecified atom stereocenters. The molecule has 17 nitrogen and oxygen atoms in total. The fourth-order valence-electron chi connectivity index (χ4n) is 11.8. The Labute approximate surface area is 588 Å². The van der Waals surface area contributed by atoms with Crippen LogP contribution in [-0.2, 0) is 65.4 Å². The summed E-state index contributed by atoms with van der Waals surface area (Å²) in [6.07, 6.45) is 56.8. The Balaban J connectivity index is 5.23. The summed E-state index contributed by atoms with van der Waals surface area (Å²) in [5.41, 5.74) is 0. The molecule has 3 N–H and O–H groups in total. The van der Waals surface area contributed by atoms with Gasteiger partial charge in [-0.05, 0) is 37.5 Å². The third-order valence-corrected chi connectivity index (χ3v) is 20.6. The summed E-state index contributed by atoms with van der Waals surface area (Å²) in [4.78, 5) is 72.8. The molecular weight excluding hydrogens is 1260 g/mol. The molecule has 7 atom stereocenters. The Morgan fingerprint density at radius 1 is 0.292 bits per heavy atom. The average molecular weight is 1410 g/mol. The van der Waals surface area contributed by atoms with E-state index in [-0.39, 0.29) is 25.7 Å². The van der Waals surface area contributed by atoms with Crippen molar-refractivity contribution in [2.75, 3.05) is 39.6 Å². The van der Waals surface area contributed by atoms with Crippen molar-refractivity contribution in [1.82, 2.24) is 0 Å². The Morgan fingerprint density at radius 2 is 0.500 bits per heavy atom. The van der Waals surface area contributed by atoms with E-state index in [9.17, 15) is 43.2 Å². The Kier molecular flexibility index (Phi) is 67.4. The van der Waals surface area contributed by atoms with Crippen LogP contribution < -0.4 is 0 Å². The lowest BCUT2D eigenvalue weighted by Crippen LogP contribution is -2.30. The molecule has 0 aliphatic rings. The van der Waals surface area contributed by atoms with Gasteiger partial charge in [-0.25, -0.2) is 9.13 Å². The molecule has 0 amide bonds. The fourth-order valence-corrected chi connectivity index (χ4v) is 13.3. The highest BCUT2D eigenvalue weighted by Crippen LogP contribution is 2.45. The number of aliphatic hydroxyl groups is 1. The number of carbonyl (C=O) groups is 4. The van der Waals surface area contributed by atoms with Crippen LogP contribution in [0.5, 0.6) is 0 Å². The molecule has 0 aliphatic carbocycles. The van der Waals surface area contributed by atoms with E-state index < -0.39 is 97.5 Å². The van der Waals surface area contributed by atoms with Crippen LogP contribution in [0.3, 0.4) is 0 Å². The van der Waals surface area contributed by atoms with Crippen LogP contribution in [-0.4, -0.2) is 96.7 Å². The van der Waals surface area contributed by atoms with Crippen molar-refractivity contribution >= 4 is 39.5 Å². The molecule has 0 aromatic heterocycles. The summed E-state index contributed by atoms with van der Waals surface area (Å²) in [5.74, 6) is -0.500. The first-order valence-electron chi connectivity index (χ1n) is 40.1. The zero-order valence-electron chi connectivity index (χ0n) is 62.7. The second-order valence-electron chi connectivity index (χ2n) is 28.2. The quantitative estimate of drug-likeness (QED) is 0.0222. The topological polar surface area (TPSA) is 237 Å². The molecule has 96 heavy (non-hydrogen) atoms. The average Bonchev–Trinajstić information content (AvgIpc) is 1.53. The van der Waals surface area contributed by atoms with Gasteiger partial charge >= 0.3 is 39.5 Å². The molecular formula is C77H150O17P2. The molecule has 0 bridgehead atoms. The largest absolute Gasteiger partial charge is 0.472 e. The standard InChI is InChI=1S/C77H150O17P2/c1-7-11-13-15-17-19-20-21-22-23-24-28-31-35-42-48-54-60-75(80)88-66-72(93-76(81)61-55-49-43-36-32-29-26-25-27-30-34-39-45-51-57-69(5)9-3)67-91-95(83,84)89-63-71(78)64-90-96(85,86)92-68-73(65-87-74(79)59-53-47-41-33-18-16-14-12-8-2)94-77(82)62-56-50-44-38-37-40-46-52-58-70(6)10-4/h69-73,78H,7-68H2,1-6H3,(H,83,84)(H,85,86)/t69?,70?,71-,72-,73-/m1/s1. The minimum atomic E-state index is -4.96. The van der Waals surface area contributed by atoms with Gasteiger partial charge in [-0.3, -0.25) is 37.3 Å². The van der Waals surface area contributed by atoms with Crippen LogP contribution in [0.25, 0.3) is 0 Å². The van der Waals surface area contributed by atoms with Gasteiger partial charge in [0.15, 0.2) is 12.2 Å². The Bertz CT molecular complexity index is 1860. The number of phosphoric ester groups is 2. The van der Waals surface area contributed by atoms with E-state index in [1.807, 2.05) is 0 Å². The molecule has 0 spiro atoms. The number of hydrogen-bond donors (Lipinski definition) is 3. The van der Waals surface area contributed by atoms with Gasteiger partial charge in [0.1, 0.15) is 19.3 Å². The number of hydrogen-bond acceptors (Lipinski definition) is 15. The lowest BCUT2D eigenvalue weighted by Gasteiger charge is -2.21. The van der Waals surface area contributed by atoms with Gasteiger partial charge in [0, 0.05) is 25.7 Å². The number of aliphatic hydroxyl groups excluding tert-OH is 1. The highest BCUT2D eigenvalue weighted by Gasteiger charge is 2.30. The summed E-state index contributed by atoms with van der Waals surface area (Å²) < 4.78 is 68.5. The van der Waals surface area contributed by atoms with Crippen molar-refractivity contribution in [3.05, 3.63) is 0 Å². The molecule has 0 radical (unpaired) electrons. The molecule has 570 valence electrons. The molecule has 19 heteroatoms. The smallest absolute Gasteiger partial charge is 0.462 e. The van der Waals surface area contributed by atoms with Crippen molar-refractivity contribution in [1.29, 1.82) is 0 Å². The summed E-state index contributed by atoms with van der Waals surface area (Å²) >= 11 is 0. The number of ether oxygens (including phenoxy) is 4. The van der Waals surface area contributed by atoms with Crippen LogP contribution in [0.2, 0.25) is 0 Å². The van der Waals surface area contributed by atoms with Crippen molar-refractivity contribution < 1.29 is 80.2 Å². The van der Waals surface area contributed by atoms with Gasteiger partial charge in [-0.2, -0.15) is 0 Å². The molecule has 0 saturated heterocycles. The van der Waals surface area contributed by atoms with E-state index >= 15 is 0 Å². The van der Waals surface area contributed by atoms with E-state index in [2.05, 4.69) is 41.5 Å². The predicted octanol–water partition coefficient (Wildman–Crippen LogP) is 22.7. The highest BCUT2D eigenvalue weighted by molar-refractivity contribution is 7.47. The number of carbonyl (C=O) groups excluding carboxylic acids is 4. The summed E-state index contributed by atoms with van der Waals surface area (Å²) in [6.45, 7) is 9.64. The highest BCUT2D eigenvalue weighted by atomic mass is 31.2. The zero-order valence-corrected chi connectivity index (χ0v) is 64.5. The minimum absolute atomic E-state index is 0.105. The van der Waals surface area contributed by atoms with Gasteiger partial charge in [-0.1, -0.05) is 350 Å². The first-order chi connectivity index (χ1) is 46.4. The number of phosphoric acid groups is 2. The lowest BCUT2D eigenvalue weighted by molar-refractivity contribution is -0.161. The molecule has 0 aromatic carbocycles. The minimum Gasteiger partial charge on any atom is -0.462 e. The van der Waals surface area contributed by atoms with E-state index in [0.29, 0.717) is 25.7 Å². The van der Waals surface area contributed by atoms with Gasteiger partial charge in [0.25, 0.3) is 0 Å². The molecule has 0 heterocycles. The Morgan fingerprint density at radius 3 is 0.740 bits per heavy atom. The number of esters is 4. The van der Waals surface area contributed by atoms with Crippen LogP contribution >= 0.6 is 15.6 Å². The second-order valence-corrected chi connectivity index (χ2v) is 31.1. The van der Waals surface area contributed by atoms with E-state index in [0.717, 1.165) is 102 Å². The maximum Gasteiger partial charge on any atom is 0.472 e.